The van der Waals surface area contributed by atoms with E-state index in [1.165, 1.54) is 13.0 Å². The maximum absolute atomic E-state index is 15.2. The number of allylic oxidation sites excluding steroid dienone is 1. The molecule has 3 saturated carbocycles. The molecule has 3 fully saturated rings. The Morgan fingerprint density at radius 3 is 2.59 bits per heavy atom. The van der Waals surface area contributed by atoms with Gasteiger partial charge in [-0.2, -0.15) is 0 Å². The maximum Gasteiger partial charge on any atom is 0.221 e. The number of ketones is 3. The lowest BCUT2D eigenvalue weighted by Gasteiger charge is -2.58. The molecule has 146 valence electrons. The van der Waals surface area contributed by atoms with Crippen molar-refractivity contribution >= 4 is 17.3 Å². The molecule has 7 atom stereocenters. The Labute approximate surface area is 158 Å². The minimum atomic E-state index is -1.57. The van der Waals surface area contributed by atoms with Crippen LogP contribution in [0.1, 0.15) is 52.9 Å². The molecule has 0 aliphatic heterocycles. The van der Waals surface area contributed by atoms with Crippen LogP contribution in [0, 0.1) is 28.6 Å². The molecule has 5 heteroatoms. The van der Waals surface area contributed by atoms with Gasteiger partial charge in [-0.3, -0.25) is 14.4 Å². The normalized spacial score (nSPS) is 49.2. The van der Waals surface area contributed by atoms with Crippen LogP contribution in [0.4, 0.5) is 4.39 Å². The van der Waals surface area contributed by atoms with Gasteiger partial charge in [-0.1, -0.05) is 20.4 Å². The zero-order valence-electron chi connectivity index (χ0n) is 16.2. The first-order valence-corrected chi connectivity index (χ1v) is 9.81. The van der Waals surface area contributed by atoms with Gasteiger partial charge >= 0.3 is 0 Å². The Hall–Kier alpha value is -1.62. The van der Waals surface area contributed by atoms with E-state index in [1.54, 1.807) is 0 Å². The summed E-state index contributed by atoms with van der Waals surface area (Å²) >= 11 is 0. The van der Waals surface area contributed by atoms with Gasteiger partial charge in [0.05, 0.1) is 0 Å². The number of aliphatic hydroxyl groups is 1. The Morgan fingerprint density at radius 2 is 1.96 bits per heavy atom. The van der Waals surface area contributed by atoms with Gasteiger partial charge < -0.3 is 5.11 Å². The molecule has 0 amide bonds. The summed E-state index contributed by atoms with van der Waals surface area (Å²) in [4.78, 5) is 36.4. The fourth-order valence-electron chi connectivity index (χ4n) is 7.09. The summed E-state index contributed by atoms with van der Waals surface area (Å²) in [6.07, 6.45) is 2.12. The Bertz CT molecular complexity index is 813. The SMILES string of the molecule is C=C1C[C@H]2[C@@H]3CC(F)C4=CC(=O)C(=O)C[C@]4(C)[C@H]3CC[C@]2(C)[C@@]1(O)C(C)=O. The highest BCUT2D eigenvalue weighted by atomic mass is 19.1. The Balaban J connectivity index is 1.79. The van der Waals surface area contributed by atoms with E-state index in [0.29, 0.717) is 30.4 Å². The summed E-state index contributed by atoms with van der Waals surface area (Å²) in [5, 5.41) is 11.3. The Kier molecular flexibility index (Phi) is 3.79. The first-order chi connectivity index (χ1) is 12.5. The third kappa shape index (κ3) is 2.09. The van der Waals surface area contributed by atoms with E-state index in [4.69, 9.17) is 0 Å². The molecular formula is C22H27FO4. The summed E-state index contributed by atoms with van der Waals surface area (Å²) in [6, 6.07) is 0. The van der Waals surface area contributed by atoms with Crippen LogP contribution in [0.3, 0.4) is 0 Å². The number of halogens is 1. The molecule has 0 aromatic heterocycles. The second kappa shape index (κ2) is 5.47. The third-order valence-corrected chi connectivity index (χ3v) is 8.52. The lowest BCUT2D eigenvalue weighted by Crippen LogP contribution is -2.59. The molecule has 4 aliphatic carbocycles. The second-order valence-electron chi connectivity index (χ2n) is 9.59. The van der Waals surface area contributed by atoms with Crippen molar-refractivity contribution in [1.29, 1.82) is 0 Å². The molecule has 4 nitrogen and oxygen atoms in total. The monoisotopic (exact) mass is 374 g/mol. The van der Waals surface area contributed by atoms with Gasteiger partial charge in [0.2, 0.25) is 11.6 Å². The standard InChI is InChI=1S/C22H27FO4/c1-11-7-15-13-8-17(23)16-9-18(25)19(26)10-20(16,3)14(13)5-6-21(15,4)22(11,27)12(2)24/h9,13-15,17,27H,1,5-8,10H2,2-4H3/t13-,14+,15+,17?,20-,21+,22+/m1/s1. The molecule has 1 N–H and O–H groups in total. The molecule has 0 bridgehead atoms. The Morgan fingerprint density at radius 1 is 1.30 bits per heavy atom. The highest BCUT2D eigenvalue weighted by Crippen LogP contribution is 2.68. The molecular weight excluding hydrogens is 347 g/mol. The summed E-state index contributed by atoms with van der Waals surface area (Å²) in [6.45, 7) is 9.25. The summed E-state index contributed by atoms with van der Waals surface area (Å²) in [5.41, 5.74) is -1.89. The largest absolute Gasteiger partial charge is 0.377 e. The molecule has 1 unspecified atom stereocenters. The van der Waals surface area contributed by atoms with Crippen molar-refractivity contribution in [2.45, 2.75) is 64.6 Å². The van der Waals surface area contributed by atoms with Gasteiger partial charge in [-0.15, -0.1) is 0 Å². The number of fused-ring (bicyclic) bond motifs is 5. The van der Waals surface area contributed by atoms with Gasteiger partial charge in [0.25, 0.3) is 0 Å². The van der Waals surface area contributed by atoms with Crippen molar-refractivity contribution in [3.05, 3.63) is 23.8 Å². The number of hydrogen-bond donors (Lipinski definition) is 1. The van der Waals surface area contributed by atoms with Crippen LogP contribution in [-0.2, 0) is 14.4 Å². The fraction of sp³-hybridized carbons (Fsp3) is 0.682. The number of carbonyl (C=O) groups excluding carboxylic acids is 3. The predicted molar refractivity (Wildman–Crippen MR) is 97.5 cm³/mol. The molecule has 0 radical (unpaired) electrons. The molecule has 0 heterocycles. The van der Waals surface area contributed by atoms with E-state index >= 15 is 4.39 Å². The van der Waals surface area contributed by atoms with Crippen LogP contribution in [-0.4, -0.2) is 34.2 Å². The third-order valence-electron chi connectivity index (χ3n) is 8.52. The first-order valence-electron chi connectivity index (χ1n) is 9.81. The van der Waals surface area contributed by atoms with Crippen LogP contribution >= 0.6 is 0 Å². The quantitative estimate of drug-likeness (QED) is 0.565. The molecule has 0 saturated heterocycles. The summed E-state index contributed by atoms with van der Waals surface area (Å²) in [7, 11) is 0. The average molecular weight is 374 g/mol. The lowest BCUT2D eigenvalue weighted by atomic mass is 9.46. The van der Waals surface area contributed by atoms with Gasteiger partial charge in [0, 0.05) is 17.3 Å². The first kappa shape index (κ1) is 18.7. The minimum absolute atomic E-state index is 0.0490. The van der Waals surface area contributed by atoms with Crippen molar-refractivity contribution < 1.29 is 23.9 Å². The van der Waals surface area contributed by atoms with Gasteiger partial charge in [-0.25, -0.2) is 4.39 Å². The fourth-order valence-corrected chi connectivity index (χ4v) is 7.09. The highest BCUT2D eigenvalue weighted by Gasteiger charge is 2.68. The van der Waals surface area contributed by atoms with Gasteiger partial charge in [-0.05, 0) is 67.6 Å². The topological polar surface area (TPSA) is 71.4 Å². The van der Waals surface area contributed by atoms with Crippen molar-refractivity contribution in [3.8, 4) is 0 Å². The number of alkyl halides is 1. The number of rotatable bonds is 1. The van der Waals surface area contributed by atoms with Crippen LogP contribution in [0.5, 0.6) is 0 Å². The lowest BCUT2D eigenvalue weighted by molar-refractivity contribution is -0.157. The van der Waals surface area contributed by atoms with Crippen molar-refractivity contribution in [2.24, 2.45) is 28.6 Å². The van der Waals surface area contributed by atoms with E-state index in [-0.39, 0.29) is 36.4 Å². The molecule has 0 spiro atoms. The van der Waals surface area contributed by atoms with Crippen LogP contribution in [0.15, 0.2) is 23.8 Å². The van der Waals surface area contributed by atoms with E-state index in [0.717, 1.165) is 0 Å². The van der Waals surface area contributed by atoms with E-state index < -0.39 is 34.2 Å². The number of carbonyl (C=O) groups is 3. The molecule has 4 aliphatic rings. The highest BCUT2D eigenvalue weighted by molar-refractivity contribution is 6.42. The zero-order chi connectivity index (χ0) is 19.9. The van der Waals surface area contributed by atoms with Crippen molar-refractivity contribution in [3.63, 3.8) is 0 Å². The summed E-state index contributed by atoms with van der Waals surface area (Å²) < 4.78 is 15.2. The van der Waals surface area contributed by atoms with Crippen LogP contribution < -0.4 is 0 Å². The van der Waals surface area contributed by atoms with Crippen LogP contribution in [0.2, 0.25) is 0 Å². The smallest absolute Gasteiger partial charge is 0.221 e. The van der Waals surface area contributed by atoms with Crippen LogP contribution in [0.25, 0.3) is 0 Å². The van der Waals surface area contributed by atoms with Gasteiger partial charge in [0.15, 0.2) is 5.78 Å². The van der Waals surface area contributed by atoms with E-state index in [2.05, 4.69) is 6.58 Å². The second-order valence-corrected chi connectivity index (χ2v) is 9.59. The summed E-state index contributed by atoms with van der Waals surface area (Å²) in [5.74, 6) is -1.38. The van der Waals surface area contributed by atoms with E-state index in [9.17, 15) is 19.5 Å². The van der Waals surface area contributed by atoms with Gasteiger partial charge in [0.1, 0.15) is 11.8 Å². The molecule has 0 aromatic rings. The van der Waals surface area contributed by atoms with Crippen molar-refractivity contribution in [1.82, 2.24) is 0 Å². The average Bonchev–Trinajstić information content (AvgIpc) is 2.79. The molecule has 0 aromatic carbocycles. The predicted octanol–water partition coefficient (Wildman–Crippen LogP) is 3.13. The van der Waals surface area contributed by atoms with E-state index in [1.807, 2.05) is 13.8 Å². The zero-order valence-corrected chi connectivity index (χ0v) is 16.2. The molecule has 27 heavy (non-hydrogen) atoms. The maximum atomic E-state index is 15.2. The number of Topliss-reactive ketones (excluding diaryl/α,β-unsaturated/α-hetero) is 2. The minimum Gasteiger partial charge on any atom is -0.377 e. The number of hydrogen-bond acceptors (Lipinski definition) is 4. The molecule has 4 rings (SSSR count). The van der Waals surface area contributed by atoms with Crippen molar-refractivity contribution in [2.75, 3.05) is 0 Å².